The number of hydrogen-bond acceptors (Lipinski definition) is 5. The van der Waals surface area contributed by atoms with Gasteiger partial charge in [0, 0.05) is 27.1 Å². The van der Waals surface area contributed by atoms with Gasteiger partial charge in [-0.2, -0.15) is 5.26 Å². The van der Waals surface area contributed by atoms with E-state index >= 15 is 0 Å². The molecule has 0 amide bonds. The first-order valence-electron chi connectivity index (χ1n) is 5.11. The Hall–Kier alpha value is -2.07. The second kappa shape index (κ2) is 6.50. The summed E-state index contributed by atoms with van der Waals surface area (Å²) in [5.41, 5.74) is 0.265. The van der Waals surface area contributed by atoms with E-state index in [0.717, 1.165) is 0 Å². The zero-order valence-corrected chi connectivity index (χ0v) is 9.84. The van der Waals surface area contributed by atoms with Gasteiger partial charge >= 0.3 is 0 Å². The number of aliphatic hydroxyl groups is 1. The molecular formula is C10H15N5O2. The Bertz CT molecular complexity index is 419. The number of nitrogens with one attached hydrogen (secondary N) is 1. The van der Waals surface area contributed by atoms with Crippen molar-refractivity contribution in [3.05, 3.63) is 5.56 Å². The largest absolute Gasteiger partial charge is 0.476 e. The normalized spacial score (nSPS) is 10.5. The van der Waals surface area contributed by atoms with Crippen LogP contribution in [0, 0.1) is 11.3 Å². The monoisotopic (exact) mass is 237 g/mol. The Balaban J connectivity index is 2.77. The molecule has 0 aliphatic heterocycles. The van der Waals surface area contributed by atoms with Crippen LogP contribution in [0.3, 0.4) is 0 Å². The zero-order chi connectivity index (χ0) is 12.7. The van der Waals surface area contributed by atoms with E-state index in [1.165, 1.54) is 0 Å². The van der Waals surface area contributed by atoms with Crippen LogP contribution in [0.25, 0.3) is 0 Å². The first-order chi connectivity index (χ1) is 8.19. The van der Waals surface area contributed by atoms with Crippen molar-refractivity contribution in [3.63, 3.8) is 0 Å². The first-order valence-corrected chi connectivity index (χ1v) is 5.11. The highest BCUT2D eigenvalue weighted by Gasteiger charge is 2.13. The maximum absolute atomic E-state index is 8.98. The van der Waals surface area contributed by atoms with E-state index in [1.54, 1.807) is 11.2 Å². The number of aliphatic hydroxyl groups excluding tert-OH is 1. The Morgan fingerprint density at radius 1 is 1.65 bits per heavy atom. The zero-order valence-electron chi connectivity index (χ0n) is 9.84. The van der Waals surface area contributed by atoms with Gasteiger partial charge in [0.05, 0.1) is 12.9 Å². The molecule has 0 atom stereocenters. The third-order valence-corrected chi connectivity index (χ3v) is 1.78. The minimum Gasteiger partial charge on any atom is -0.476 e. The van der Waals surface area contributed by atoms with E-state index in [-0.39, 0.29) is 18.1 Å². The summed E-state index contributed by atoms with van der Waals surface area (Å²) in [6, 6.07) is 1.98. The predicted octanol–water partition coefficient (Wildman–Crippen LogP) is 0.264. The lowest BCUT2D eigenvalue weighted by Crippen LogP contribution is -2.07. The van der Waals surface area contributed by atoms with Gasteiger partial charge in [-0.25, -0.2) is 4.99 Å². The lowest BCUT2D eigenvalue weighted by molar-refractivity contribution is 0.229. The second-order valence-electron chi connectivity index (χ2n) is 3.50. The van der Waals surface area contributed by atoms with Crippen LogP contribution in [0.5, 0.6) is 5.88 Å². The highest BCUT2D eigenvalue weighted by atomic mass is 16.5. The number of aromatic nitrogens is 2. The molecule has 7 heteroatoms. The summed E-state index contributed by atoms with van der Waals surface area (Å²) in [5, 5.41) is 24.1. The van der Waals surface area contributed by atoms with Gasteiger partial charge in [-0.1, -0.05) is 0 Å². The lowest BCUT2D eigenvalue weighted by atomic mass is 10.3. The number of aromatic amines is 1. The first kappa shape index (κ1) is 13.0. The molecule has 0 aliphatic rings. The van der Waals surface area contributed by atoms with Crippen molar-refractivity contribution in [2.45, 2.75) is 6.42 Å². The predicted molar refractivity (Wildman–Crippen MR) is 62.3 cm³/mol. The molecule has 0 radical (unpaired) electrons. The van der Waals surface area contributed by atoms with Crippen molar-refractivity contribution in [1.82, 2.24) is 15.1 Å². The number of aliphatic imine (C=N–C) groups is 1. The molecule has 1 aromatic heterocycles. The number of rotatable bonds is 6. The summed E-state index contributed by atoms with van der Waals surface area (Å²) in [4.78, 5) is 5.80. The summed E-state index contributed by atoms with van der Waals surface area (Å²) >= 11 is 0. The van der Waals surface area contributed by atoms with Crippen LogP contribution in [0.4, 0.5) is 5.82 Å². The molecule has 0 aromatic carbocycles. The number of nitrogens with zero attached hydrogens (tertiary/aromatic N) is 4. The maximum atomic E-state index is 8.98. The number of ether oxygens (including phenoxy) is 1. The Kier molecular flexibility index (Phi) is 4.97. The molecule has 92 valence electrons. The van der Waals surface area contributed by atoms with Gasteiger partial charge in [0.1, 0.15) is 6.07 Å². The van der Waals surface area contributed by atoms with Gasteiger partial charge in [0.15, 0.2) is 11.4 Å². The highest BCUT2D eigenvalue weighted by molar-refractivity contribution is 5.64. The van der Waals surface area contributed by atoms with Crippen molar-refractivity contribution in [2.24, 2.45) is 4.99 Å². The van der Waals surface area contributed by atoms with E-state index in [9.17, 15) is 0 Å². The smallest absolute Gasteiger partial charge is 0.253 e. The van der Waals surface area contributed by atoms with Gasteiger partial charge < -0.3 is 14.7 Å². The topological polar surface area (TPSA) is 97.5 Å². The van der Waals surface area contributed by atoms with Crippen molar-refractivity contribution >= 4 is 12.2 Å². The highest BCUT2D eigenvalue weighted by Crippen LogP contribution is 2.24. The number of hydrogen-bond donors (Lipinski definition) is 2. The summed E-state index contributed by atoms with van der Waals surface area (Å²) in [6.45, 7) is 0.352. The molecule has 7 nitrogen and oxygen atoms in total. The van der Waals surface area contributed by atoms with Gasteiger partial charge in [-0.05, 0) is 0 Å². The van der Waals surface area contributed by atoms with Crippen LogP contribution >= 0.6 is 0 Å². The van der Waals surface area contributed by atoms with Gasteiger partial charge in [-0.15, -0.1) is 5.10 Å². The molecule has 2 N–H and O–H groups in total. The average Bonchev–Trinajstić information content (AvgIpc) is 2.69. The van der Waals surface area contributed by atoms with Crippen molar-refractivity contribution in [1.29, 1.82) is 5.26 Å². The van der Waals surface area contributed by atoms with Crippen LogP contribution in [0.1, 0.15) is 12.0 Å². The fourth-order valence-corrected chi connectivity index (χ4v) is 1.02. The van der Waals surface area contributed by atoms with Crippen molar-refractivity contribution in [3.8, 4) is 11.9 Å². The summed E-state index contributed by atoms with van der Waals surface area (Å²) in [7, 11) is 3.65. The van der Waals surface area contributed by atoms with Crippen LogP contribution in [0.15, 0.2) is 4.99 Å². The summed E-state index contributed by atoms with van der Waals surface area (Å²) < 4.78 is 5.24. The standard InChI is InChI=1S/C10H15N5O2/c1-15(2)7-12-9-8(6-11)10(14-13-9)17-5-3-4-16/h7,16H,3-5H2,1-2H3,(H,13,14). The molecule has 1 aromatic rings. The van der Waals surface area contributed by atoms with Crippen LogP contribution in [-0.4, -0.2) is 53.9 Å². The fraction of sp³-hybridized carbons (Fsp3) is 0.500. The third kappa shape index (κ3) is 3.77. The Morgan fingerprint density at radius 2 is 2.41 bits per heavy atom. The Morgan fingerprint density at radius 3 is 3.00 bits per heavy atom. The molecule has 1 heterocycles. The molecule has 0 spiro atoms. The van der Waals surface area contributed by atoms with E-state index in [4.69, 9.17) is 15.1 Å². The van der Waals surface area contributed by atoms with E-state index in [2.05, 4.69) is 15.2 Å². The van der Waals surface area contributed by atoms with Gasteiger partial charge in [-0.3, -0.25) is 5.10 Å². The summed E-state index contributed by atoms with van der Waals surface area (Å²) in [6.07, 6.45) is 2.06. The molecule has 0 bridgehead atoms. The maximum Gasteiger partial charge on any atom is 0.253 e. The molecule has 1 rings (SSSR count). The Labute approximate surface area is 99.3 Å². The van der Waals surface area contributed by atoms with Crippen molar-refractivity contribution < 1.29 is 9.84 Å². The molecule has 0 fully saturated rings. The van der Waals surface area contributed by atoms with Gasteiger partial charge in [0.25, 0.3) is 5.88 Å². The minimum atomic E-state index is 0.0396. The molecule has 0 aliphatic carbocycles. The molecule has 0 unspecified atom stereocenters. The molecule has 0 saturated heterocycles. The number of nitriles is 1. The van der Waals surface area contributed by atoms with Crippen LogP contribution in [-0.2, 0) is 0 Å². The van der Waals surface area contributed by atoms with E-state index in [0.29, 0.717) is 18.8 Å². The minimum absolute atomic E-state index is 0.0396. The molecular weight excluding hydrogens is 222 g/mol. The number of H-pyrrole nitrogens is 1. The third-order valence-electron chi connectivity index (χ3n) is 1.78. The average molecular weight is 237 g/mol. The summed E-state index contributed by atoms with van der Waals surface area (Å²) in [5.74, 6) is 0.576. The van der Waals surface area contributed by atoms with Crippen molar-refractivity contribution in [2.75, 3.05) is 27.3 Å². The van der Waals surface area contributed by atoms with E-state index in [1.807, 2.05) is 20.2 Å². The molecule has 17 heavy (non-hydrogen) atoms. The second-order valence-corrected chi connectivity index (χ2v) is 3.50. The van der Waals surface area contributed by atoms with Gasteiger partial charge in [0.2, 0.25) is 0 Å². The van der Waals surface area contributed by atoms with Crippen LogP contribution < -0.4 is 4.74 Å². The fourth-order valence-electron chi connectivity index (χ4n) is 1.02. The van der Waals surface area contributed by atoms with E-state index < -0.39 is 0 Å². The SMILES string of the molecule is CN(C)C=Nc1[nH]nc(OCCCO)c1C#N. The quantitative estimate of drug-likeness (QED) is 0.420. The van der Waals surface area contributed by atoms with Crippen LogP contribution in [0.2, 0.25) is 0 Å². The lowest BCUT2D eigenvalue weighted by Gasteiger charge is -2.01. The molecule has 0 saturated carbocycles.